The molecule has 1 aliphatic rings. The lowest BCUT2D eigenvalue weighted by molar-refractivity contribution is -0.115. The first-order chi connectivity index (χ1) is 15.0. The number of carbonyl (C=O) groups excluding carboxylic acids is 1. The van der Waals surface area contributed by atoms with E-state index < -0.39 is 5.25 Å². The number of carbonyl (C=O) groups is 1. The Morgan fingerprint density at radius 2 is 1.97 bits per heavy atom. The summed E-state index contributed by atoms with van der Waals surface area (Å²) in [4.78, 5) is 30.8. The third kappa shape index (κ3) is 4.52. The van der Waals surface area contributed by atoms with Gasteiger partial charge in [0.25, 0.3) is 5.56 Å². The molecule has 7 heteroatoms. The summed E-state index contributed by atoms with van der Waals surface area (Å²) in [7, 11) is 1.61. The van der Waals surface area contributed by atoms with Gasteiger partial charge in [-0.15, -0.1) is 0 Å². The Balaban J connectivity index is 1.59. The molecule has 0 saturated heterocycles. The van der Waals surface area contributed by atoms with E-state index in [1.807, 2.05) is 38.1 Å². The number of benzene rings is 2. The van der Waals surface area contributed by atoms with Crippen LogP contribution in [0.3, 0.4) is 0 Å². The highest BCUT2D eigenvalue weighted by atomic mass is 32.2. The van der Waals surface area contributed by atoms with Crippen molar-refractivity contribution in [1.29, 1.82) is 0 Å². The highest BCUT2D eigenvalue weighted by Crippen LogP contribution is 2.28. The lowest BCUT2D eigenvalue weighted by atomic mass is 10.1. The number of anilines is 1. The highest BCUT2D eigenvalue weighted by molar-refractivity contribution is 8.00. The van der Waals surface area contributed by atoms with E-state index in [0.29, 0.717) is 22.7 Å². The van der Waals surface area contributed by atoms with Gasteiger partial charge in [-0.3, -0.25) is 14.2 Å². The molecule has 162 valence electrons. The highest BCUT2D eigenvalue weighted by Gasteiger charge is 2.22. The number of aromatic nitrogens is 2. The molecule has 2 aromatic carbocycles. The zero-order valence-electron chi connectivity index (χ0n) is 18.1. The number of fused-ring (bicyclic) bond motifs is 2. The molecule has 1 amide bonds. The fourth-order valence-electron chi connectivity index (χ4n) is 4.02. The molecule has 0 fully saturated rings. The number of para-hydroxylation sites is 1. The molecular weight excluding hydrogens is 410 g/mol. The van der Waals surface area contributed by atoms with Crippen LogP contribution < -0.4 is 10.9 Å². The quantitative estimate of drug-likeness (QED) is 0.443. The van der Waals surface area contributed by atoms with Crippen molar-refractivity contribution in [3.05, 3.63) is 63.9 Å². The van der Waals surface area contributed by atoms with Crippen LogP contribution in [0.15, 0.2) is 52.4 Å². The van der Waals surface area contributed by atoms with Crippen LogP contribution >= 0.6 is 11.8 Å². The summed E-state index contributed by atoms with van der Waals surface area (Å²) in [6, 6.07) is 13.2. The minimum Gasteiger partial charge on any atom is -0.383 e. The minimum atomic E-state index is -0.428. The first-order valence-electron chi connectivity index (χ1n) is 10.6. The number of nitrogens with one attached hydrogen (secondary N) is 1. The Morgan fingerprint density at radius 3 is 2.77 bits per heavy atom. The predicted molar refractivity (Wildman–Crippen MR) is 125 cm³/mol. The van der Waals surface area contributed by atoms with E-state index in [2.05, 4.69) is 17.4 Å². The van der Waals surface area contributed by atoms with Crippen molar-refractivity contribution in [1.82, 2.24) is 9.55 Å². The van der Waals surface area contributed by atoms with E-state index in [0.717, 1.165) is 18.5 Å². The summed E-state index contributed by atoms with van der Waals surface area (Å²) >= 11 is 1.29. The Morgan fingerprint density at radius 1 is 1.19 bits per heavy atom. The SMILES string of the molecule is COC[C@@H](C)n1c(S[C@H](C)C(=O)Nc2ccc3c(c2)CCC3)nc2ccccc2c1=O. The van der Waals surface area contributed by atoms with Gasteiger partial charge in [0.2, 0.25) is 5.91 Å². The normalized spacial score (nSPS) is 14.9. The zero-order chi connectivity index (χ0) is 22.0. The zero-order valence-corrected chi connectivity index (χ0v) is 18.9. The van der Waals surface area contributed by atoms with Crippen LogP contribution in [0, 0.1) is 0 Å². The van der Waals surface area contributed by atoms with Crippen molar-refractivity contribution in [3.8, 4) is 0 Å². The van der Waals surface area contributed by atoms with E-state index >= 15 is 0 Å². The largest absolute Gasteiger partial charge is 0.383 e. The van der Waals surface area contributed by atoms with Gasteiger partial charge in [0.15, 0.2) is 5.16 Å². The fourth-order valence-corrected chi connectivity index (χ4v) is 5.03. The Hall–Kier alpha value is -2.64. The lowest BCUT2D eigenvalue weighted by Crippen LogP contribution is -2.30. The van der Waals surface area contributed by atoms with Crippen LogP contribution in [0.5, 0.6) is 0 Å². The van der Waals surface area contributed by atoms with E-state index in [1.54, 1.807) is 17.7 Å². The van der Waals surface area contributed by atoms with E-state index in [-0.39, 0.29) is 17.5 Å². The topological polar surface area (TPSA) is 73.2 Å². The molecule has 0 bridgehead atoms. The second kappa shape index (κ2) is 9.24. The molecule has 31 heavy (non-hydrogen) atoms. The van der Waals surface area contributed by atoms with E-state index in [9.17, 15) is 9.59 Å². The molecule has 4 rings (SSSR count). The number of aryl methyl sites for hydroxylation is 2. The van der Waals surface area contributed by atoms with Crippen LogP contribution in [0.25, 0.3) is 10.9 Å². The second-order valence-electron chi connectivity index (χ2n) is 7.98. The van der Waals surface area contributed by atoms with Gasteiger partial charge in [-0.1, -0.05) is 30.0 Å². The number of amides is 1. The van der Waals surface area contributed by atoms with Crippen molar-refractivity contribution in [2.24, 2.45) is 0 Å². The maximum absolute atomic E-state index is 13.2. The molecule has 0 aliphatic heterocycles. The first kappa shape index (κ1) is 21.6. The number of thioether (sulfide) groups is 1. The third-order valence-corrected chi connectivity index (χ3v) is 6.71. The summed E-state index contributed by atoms with van der Waals surface area (Å²) in [5, 5.41) is 3.67. The molecule has 1 aliphatic carbocycles. The molecule has 2 atom stereocenters. The van der Waals surface area contributed by atoms with Gasteiger partial charge >= 0.3 is 0 Å². The molecule has 1 N–H and O–H groups in total. The van der Waals surface area contributed by atoms with Crippen molar-refractivity contribution < 1.29 is 9.53 Å². The number of methoxy groups -OCH3 is 1. The molecule has 3 aromatic rings. The third-order valence-electron chi connectivity index (χ3n) is 5.64. The van der Waals surface area contributed by atoms with Gasteiger partial charge in [0.1, 0.15) is 0 Å². The molecule has 0 saturated carbocycles. The minimum absolute atomic E-state index is 0.115. The molecule has 1 heterocycles. The van der Waals surface area contributed by atoms with Crippen LogP contribution in [0.2, 0.25) is 0 Å². The molecule has 6 nitrogen and oxygen atoms in total. The number of rotatable bonds is 7. The van der Waals surface area contributed by atoms with Gasteiger partial charge in [0, 0.05) is 12.8 Å². The predicted octanol–water partition coefficient (Wildman–Crippen LogP) is 4.21. The first-order valence-corrected chi connectivity index (χ1v) is 11.5. The Bertz CT molecular complexity index is 1170. The molecule has 0 spiro atoms. The summed E-state index contributed by atoms with van der Waals surface area (Å²) < 4.78 is 6.91. The van der Waals surface area contributed by atoms with Gasteiger partial charge < -0.3 is 10.1 Å². The van der Waals surface area contributed by atoms with E-state index in [4.69, 9.17) is 9.72 Å². The van der Waals surface area contributed by atoms with Crippen LogP contribution in [-0.4, -0.2) is 34.4 Å². The lowest BCUT2D eigenvalue weighted by Gasteiger charge is -2.20. The number of ether oxygens (including phenoxy) is 1. The van der Waals surface area contributed by atoms with Gasteiger partial charge in [-0.25, -0.2) is 4.98 Å². The maximum Gasteiger partial charge on any atom is 0.262 e. The molecule has 0 unspecified atom stereocenters. The second-order valence-corrected chi connectivity index (χ2v) is 9.29. The standard InChI is InChI=1S/C24H27N3O3S/c1-15(14-30-3)27-23(29)20-9-4-5-10-21(20)26-24(27)31-16(2)22(28)25-19-12-11-17-7-6-8-18(17)13-19/h4-5,9-13,15-16H,6-8,14H2,1-3H3,(H,25,28)/t15-,16-/m1/s1. The van der Waals surface area contributed by atoms with Crippen molar-refractivity contribution in [2.45, 2.75) is 49.6 Å². The summed E-state index contributed by atoms with van der Waals surface area (Å²) in [5.41, 5.74) is 4.01. The molecular formula is C24H27N3O3S. The van der Waals surface area contributed by atoms with Crippen molar-refractivity contribution in [3.63, 3.8) is 0 Å². The van der Waals surface area contributed by atoms with Crippen LogP contribution in [-0.2, 0) is 22.4 Å². The average Bonchev–Trinajstić information content (AvgIpc) is 3.22. The molecule has 1 aromatic heterocycles. The fraction of sp³-hybridized carbons (Fsp3) is 0.375. The van der Waals surface area contributed by atoms with Gasteiger partial charge in [0.05, 0.1) is 28.8 Å². The van der Waals surface area contributed by atoms with Crippen molar-refractivity contribution in [2.75, 3.05) is 19.0 Å². The Labute approximate surface area is 186 Å². The van der Waals surface area contributed by atoms with Gasteiger partial charge in [-0.05, 0) is 68.5 Å². The monoisotopic (exact) mass is 437 g/mol. The van der Waals surface area contributed by atoms with E-state index in [1.165, 1.54) is 29.3 Å². The Kier molecular flexibility index (Phi) is 6.43. The summed E-state index contributed by atoms with van der Waals surface area (Å²) in [6.45, 7) is 4.13. The smallest absolute Gasteiger partial charge is 0.262 e. The van der Waals surface area contributed by atoms with Crippen molar-refractivity contribution >= 4 is 34.3 Å². The van der Waals surface area contributed by atoms with Crippen LogP contribution in [0.1, 0.15) is 37.4 Å². The van der Waals surface area contributed by atoms with Gasteiger partial charge in [-0.2, -0.15) is 0 Å². The maximum atomic E-state index is 13.2. The molecule has 0 radical (unpaired) electrons. The average molecular weight is 438 g/mol. The van der Waals surface area contributed by atoms with Crippen LogP contribution in [0.4, 0.5) is 5.69 Å². The number of nitrogens with zero attached hydrogens (tertiary/aromatic N) is 2. The number of hydrogen-bond donors (Lipinski definition) is 1. The summed E-state index contributed by atoms with van der Waals surface area (Å²) in [6.07, 6.45) is 3.35. The summed E-state index contributed by atoms with van der Waals surface area (Å²) in [5.74, 6) is -0.115. The number of hydrogen-bond acceptors (Lipinski definition) is 5.